The van der Waals surface area contributed by atoms with Gasteiger partial charge in [-0.3, -0.25) is 0 Å². The molecule has 4 nitrogen and oxygen atoms in total. The molecule has 1 N–H and O–H groups in total. The lowest BCUT2D eigenvalue weighted by Crippen LogP contribution is -2.30. The van der Waals surface area contributed by atoms with Gasteiger partial charge >= 0.3 is 0 Å². The van der Waals surface area contributed by atoms with E-state index in [1.807, 2.05) is 24.3 Å². The topological polar surface area (TPSA) is 39.7 Å². The highest BCUT2D eigenvalue weighted by atomic mass is 32.9. The third-order valence-corrected chi connectivity index (χ3v) is 6.48. The molecule has 0 saturated carbocycles. The van der Waals surface area contributed by atoms with Crippen molar-refractivity contribution in [1.82, 2.24) is 5.32 Å². The molecule has 0 aliphatic carbocycles. The van der Waals surface area contributed by atoms with Crippen LogP contribution in [0.25, 0.3) is 0 Å². The fourth-order valence-corrected chi connectivity index (χ4v) is 3.98. The molecule has 1 atom stereocenters. The predicted octanol–water partition coefficient (Wildman–Crippen LogP) is 2.98. The molecule has 1 aliphatic rings. The summed E-state index contributed by atoms with van der Waals surface area (Å²) in [6.07, 6.45) is 2.13. The standard InChI is InChI=1S/C11H17O2PS2.C4H9NO/c1-3-4-9-13-14(15,16)11-7-5-10(12-2)6-8-11;1-3-6-4-2-5-1/h5-8H,3-4,9H2,1-2H3,(H,15,16);5H,1-4H2. The summed E-state index contributed by atoms with van der Waals surface area (Å²) < 4.78 is 15.8. The molecule has 1 fully saturated rings. The molecule has 7 heteroatoms. The van der Waals surface area contributed by atoms with Gasteiger partial charge in [-0.2, -0.15) is 0 Å². The van der Waals surface area contributed by atoms with Crippen LogP contribution in [0.15, 0.2) is 24.3 Å². The van der Waals surface area contributed by atoms with Gasteiger partial charge in [0, 0.05) is 18.4 Å². The first-order valence-corrected chi connectivity index (χ1v) is 11.4. The highest BCUT2D eigenvalue weighted by Crippen LogP contribution is 2.51. The van der Waals surface area contributed by atoms with Crippen molar-refractivity contribution in [3.8, 4) is 5.75 Å². The number of ether oxygens (including phenoxy) is 2. The Morgan fingerprint density at radius 2 is 1.91 bits per heavy atom. The summed E-state index contributed by atoms with van der Waals surface area (Å²) in [5, 5.41) is 4.13. The minimum Gasteiger partial charge on any atom is -0.497 e. The van der Waals surface area contributed by atoms with Gasteiger partial charge in [0.05, 0.1) is 26.9 Å². The maximum Gasteiger partial charge on any atom is 0.145 e. The van der Waals surface area contributed by atoms with E-state index in [4.69, 9.17) is 25.8 Å². The van der Waals surface area contributed by atoms with Crippen molar-refractivity contribution >= 4 is 34.8 Å². The van der Waals surface area contributed by atoms with Crippen molar-refractivity contribution in [3.05, 3.63) is 24.3 Å². The zero-order valence-corrected chi connectivity index (χ0v) is 15.9. The monoisotopic (exact) mass is 363 g/mol. The van der Waals surface area contributed by atoms with Crippen LogP contribution in [-0.2, 0) is 21.1 Å². The van der Waals surface area contributed by atoms with Crippen LogP contribution in [0.5, 0.6) is 5.75 Å². The van der Waals surface area contributed by atoms with Crippen LogP contribution in [-0.4, -0.2) is 40.0 Å². The fraction of sp³-hybridized carbons (Fsp3) is 0.600. The molecule has 22 heavy (non-hydrogen) atoms. The van der Waals surface area contributed by atoms with Crippen LogP contribution in [0.2, 0.25) is 0 Å². The molecular formula is C15H26NO3PS2. The molecule has 0 radical (unpaired) electrons. The number of morpholine rings is 1. The maximum absolute atomic E-state index is 5.68. The van der Waals surface area contributed by atoms with E-state index in [0.717, 1.165) is 50.2 Å². The summed E-state index contributed by atoms with van der Waals surface area (Å²) in [4.78, 5) is 0. The number of methoxy groups -OCH3 is 1. The number of benzene rings is 1. The van der Waals surface area contributed by atoms with Gasteiger partial charge in [-0.25, -0.2) is 0 Å². The van der Waals surface area contributed by atoms with E-state index in [1.54, 1.807) is 7.11 Å². The zero-order chi connectivity index (χ0) is 16.3. The second-order valence-corrected chi connectivity index (χ2v) is 10.6. The van der Waals surface area contributed by atoms with E-state index in [0.29, 0.717) is 6.61 Å². The molecule has 1 aromatic rings. The lowest BCUT2D eigenvalue weighted by Gasteiger charge is -2.16. The van der Waals surface area contributed by atoms with Crippen LogP contribution in [0.4, 0.5) is 0 Å². The summed E-state index contributed by atoms with van der Waals surface area (Å²) in [6.45, 7) is 6.64. The van der Waals surface area contributed by atoms with Crippen LogP contribution in [0.1, 0.15) is 19.8 Å². The Kier molecular flexibility index (Phi) is 10.4. The number of hydrogen-bond donors (Lipinski definition) is 2. The lowest BCUT2D eigenvalue weighted by atomic mass is 10.3. The molecular weight excluding hydrogens is 337 g/mol. The van der Waals surface area contributed by atoms with Crippen molar-refractivity contribution in [1.29, 1.82) is 0 Å². The van der Waals surface area contributed by atoms with Gasteiger partial charge in [0.1, 0.15) is 11.2 Å². The SMILES string of the molecule is C1COCCN1.CCCCOP(=S)(S)c1ccc(OC)cc1. The molecule has 126 valence electrons. The lowest BCUT2D eigenvalue weighted by molar-refractivity contribution is 0.109. The average Bonchev–Trinajstić information content (AvgIpc) is 2.57. The zero-order valence-electron chi connectivity index (χ0n) is 13.3. The summed E-state index contributed by atoms with van der Waals surface area (Å²) in [6, 6.07) is 7.63. The second kappa shape index (κ2) is 11.4. The molecule has 1 aromatic carbocycles. The largest absolute Gasteiger partial charge is 0.497 e. The number of thiol groups is 1. The highest BCUT2D eigenvalue weighted by Gasteiger charge is 2.14. The van der Waals surface area contributed by atoms with E-state index in [-0.39, 0.29) is 0 Å². The first-order chi connectivity index (χ1) is 10.6. The summed E-state index contributed by atoms with van der Waals surface area (Å²) in [5.74, 6) is 0.820. The molecule has 0 bridgehead atoms. The normalized spacial score (nSPS) is 17.0. The molecule has 1 aliphatic heterocycles. The van der Waals surface area contributed by atoms with Gasteiger partial charge in [0.25, 0.3) is 0 Å². The van der Waals surface area contributed by atoms with E-state index in [9.17, 15) is 0 Å². The van der Waals surface area contributed by atoms with Gasteiger partial charge in [-0.05, 0) is 30.7 Å². The maximum atomic E-state index is 5.68. The Bertz CT molecular complexity index is 441. The van der Waals surface area contributed by atoms with Crippen LogP contribution >= 0.6 is 17.7 Å². The Morgan fingerprint density at radius 1 is 1.27 bits per heavy atom. The van der Waals surface area contributed by atoms with Crippen LogP contribution in [0.3, 0.4) is 0 Å². The number of unbranched alkanes of at least 4 members (excludes halogenated alkanes) is 1. The number of rotatable bonds is 6. The molecule has 0 aromatic heterocycles. The summed E-state index contributed by atoms with van der Waals surface area (Å²) in [5.41, 5.74) is -2.13. The van der Waals surface area contributed by atoms with Crippen molar-refractivity contribution < 1.29 is 14.0 Å². The van der Waals surface area contributed by atoms with E-state index >= 15 is 0 Å². The van der Waals surface area contributed by atoms with Crippen molar-refractivity contribution in [3.63, 3.8) is 0 Å². The van der Waals surface area contributed by atoms with Gasteiger partial charge in [-0.15, -0.1) is 12.2 Å². The quantitative estimate of drug-likeness (QED) is 0.462. The predicted molar refractivity (Wildman–Crippen MR) is 100 cm³/mol. The Hall–Kier alpha value is -0.100. The van der Waals surface area contributed by atoms with Gasteiger partial charge in [-0.1, -0.05) is 25.2 Å². The minimum absolute atomic E-state index is 0.684. The molecule has 1 saturated heterocycles. The Morgan fingerprint density at radius 3 is 2.32 bits per heavy atom. The molecule has 1 heterocycles. The average molecular weight is 363 g/mol. The third kappa shape index (κ3) is 7.95. The Balaban J connectivity index is 0.000000335. The molecule has 1 unspecified atom stereocenters. The first kappa shape index (κ1) is 19.9. The smallest absolute Gasteiger partial charge is 0.145 e. The molecule has 2 rings (SSSR count). The highest BCUT2D eigenvalue weighted by molar-refractivity contribution is 8.64. The Labute approximate surface area is 144 Å². The summed E-state index contributed by atoms with van der Waals surface area (Å²) >= 11 is 9.89. The summed E-state index contributed by atoms with van der Waals surface area (Å²) in [7, 11) is 1.64. The van der Waals surface area contributed by atoms with Gasteiger partial charge in [0.2, 0.25) is 0 Å². The molecule has 0 spiro atoms. The van der Waals surface area contributed by atoms with Crippen molar-refractivity contribution in [2.24, 2.45) is 0 Å². The van der Waals surface area contributed by atoms with Crippen molar-refractivity contribution in [2.75, 3.05) is 40.0 Å². The third-order valence-electron chi connectivity index (χ3n) is 3.01. The minimum atomic E-state index is -2.13. The van der Waals surface area contributed by atoms with Crippen LogP contribution in [0, 0.1) is 0 Å². The van der Waals surface area contributed by atoms with E-state index in [1.165, 1.54) is 0 Å². The first-order valence-electron chi connectivity index (χ1n) is 7.50. The number of hydrogen-bond acceptors (Lipinski definition) is 5. The van der Waals surface area contributed by atoms with E-state index in [2.05, 4.69) is 24.5 Å². The number of nitrogens with one attached hydrogen (secondary N) is 1. The van der Waals surface area contributed by atoms with Crippen molar-refractivity contribution in [2.45, 2.75) is 19.8 Å². The molecule has 0 amide bonds. The van der Waals surface area contributed by atoms with E-state index < -0.39 is 5.47 Å². The van der Waals surface area contributed by atoms with Gasteiger partial charge in [0.15, 0.2) is 0 Å². The van der Waals surface area contributed by atoms with Crippen LogP contribution < -0.4 is 15.4 Å². The second-order valence-electron chi connectivity index (χ2n) is 4.77. The van der Waals surface area contributed by atoms with Gasteiger partial charge < -0.3 is 19.3 Å². The fourth-order valence-electron chi connectivity index (χ4n) is 1.69.